The van der Waals surface area contributed by atoms with Gasteiger partial charge in [0.05, 0.1) is 5.56 Å². The summed E-state index contributed by atoms with van der Waals surface area (Å²) in [5, 5.41) is 8.47. The van der Waals surface area contributed by atoms with Gasteiger partial charge in [-0.15, -0.1) is 10.2 Å². The first-order valence-corrected chi connectivity index (χ1v) is 5.72. The molecular weight excluding hydrogens is 241 g/mol. The summed E-state index contributed by atoms with van der Waals surface area (Å²) in [5.74, 6) is 0.237. The molecule has 0 spiro atoms. The lowest BCUT2D eigenvalue weighted by Crippen LogP contribution is -1.95. The van der Waals surface area contributed by atoms with Crippen LogP contribution in [0, 0.1) is 12.7 Å². The number of hydrogen-bond donors (Lipinski definition) is 0. The Bertz CT molecular complexity index is 568. The van der Waals surface area contributed by atoms with Crippen LogP contribution in [-0.4, -0.2) is 21.1 Å². The van der Waals surface area contributed by atoms with Crippen molar-refractivity contribution in [1.82, 2.24) is 14.8 Å². The van der Waals surface area contributed by atoms with Crippen LogP contribution < -0.4 is 0 Å². The van der Waals surface area contributed by atoms with Crippen molar-refractivity contribution in [2.24, 2.45) is 7.05 Å². The van der Waals surface area contributed by atoms with E-state index in [0.29, 0.717) is 16.3 Å². The van der Waals surface area contributed by atoms with Gasteiger partial charge in [0, 0.05) is 11.9 Å². The normalized spacial score (nSPS) is 10.5. The van der Waals surface area contributed by atoms with Gasteiger partial charge in [-0.2, -0.15) is 0 Å². The number of carbonyl (C=O) groups is 1. The van der Waals surface area contributed by atoms with E-state index < -0.39 is 5.82 Å². The van der Waals surface area contributed by atoms with E-state index in [2.05, 4.69) is 10.2 Å². The monoisotopic (exact) mass is 251 g/mol. The minimum Gasteiger partial charge on any atom is -0.309 e. The molecule has 1 aromatic carbocycles. The third kappa shape index (κ3) is 2.21. The van der Waals surface area contributed by atoms with Gasteiger partial charge >= 0.3 is 0 Å². The number of aldehydes is 1. The molecule has 2 rings (SSSR count). The molecule has 0 unspecified atom stereocenters. The number of nitrogens with zero attached hydrogens (tertiary/aromatic N) is 3. The standard InChI is InChI=1S/C11H10FN3OS/c1-7-13-14-11(15(7)2)17-10-5-3-4-9(12)8(10)6-16/h3-6H,1-2H3. The fourth-order valence-corrected chi connectivity index (χ4v) is 2.25. The maximum Gasteiger partial charge on any atom is 0.195 e. The second kappa shape index (κ2) is 4.67. The molecule has 0 saturated heterocycles. The van der Waals surface area contributed by atoms with Gasteiger partial charge in [0.25, 0.3) is 0 Å². The van der Waals surface area contributed by atoms with Crippen molar-refractivity contribution in [1.29, 1.82) is 0 Å². The molecule has 0 aliphatic carbocycles. The summed E-state index contributed by atoms with van der Waals surface area (Å²) >= 11 is 1.22. The van der Waals surface area contributed by atoms with Crippen LogP contribution in [-0.2, 0) is 7.05 Å². The number of rotatable bonds is 3. The van der Waals surface area contributed by atoms with E-state index in [1.54, 1.807) is 16.7 Å². The average molecular weight is 251 g/mol. The van der Waals surface area contributed by atoms with Crippen molar-refractivity contribution in [2.75, 3.05) is 0 Å². The first kappa shape index (κ1) is 11.8. The quantitative estimate of drug-likeness (QED) is 0.785. The smallest absolute Gasteiger partial charge is 0.195 e. The third-order valence-corrected chi connectivity index (χ3v) is 3.50. The van der Waals surface area contributed by atoms with E-state index in [1.807, 2.05) is 14.0 Å². The first-order valence-electron chi connectivity index (χ1n) is 4.91. The van der Waals surface area contributed by atoms with E-state index in [0.717, 1.165) is 5.82 Å². The average Bonchev–Trinajstić information content (AvgIpc) is 2.61. The highest BCUT2D eigenvalue weighted by Crippen LogP contribution is 2.29. The van der Waals surface area contributed by atoms with Crippen LogP contribution in [0.4, 0.5) is 4.39 Å². The Morgan fingerprint density at radius 1 is 1.41 bits per heavy atom. The van der Waals surface area contributed by atoms with Gasteiger partial charge in [0.15, 0.2) is 11.4 Å². The van der Waals surface area contributed by atoms with Gasteiger partial charge in [-0.25, -0.2) is 4.39 Å². The van der Waals surface area contributed by atoms with E-state index in [-0.39, 0.29) is 5.56 Å². The van der Waals surface area contributed by atoms with Crippen LogP contribution in [0.3, 0.4) is 0 Å². The van der Waals surface area contributed by atoms with Crippen LogP contribution in [0.2, 0.25) is 0 Å². The van der Waals surface area contributed by atoms with Crippen molar-refractivity contribution in [3.05, 3.63) is 35.4 Å². The van der Waals surface area contributed by atoms with E-state index >= 15 is 0 Å². The summed E-state index contributed by atoms with van der Waals surface area (Å²) in [5.41, 5.74) is 0.0538. The summed E-state index contributed by atoms with van der Waals surface area (Å²) in [6.45, 7) is 1.82. The van der Waals surface area contributed by atoms with Crippen LogP contribution >= 0.6 is 11.8 Å². The van der Waals surface area contributed by atoms with Crippen LogP contribution in [0.1, 0.15) is 16.2 Å². The zero-order valence-electron chi connectivity index (χ0n) is 9.35. The molecule has 6 heteroatoms. The molecule has 0 atom stereocenters. The molecule has 0 radical (unpaired) electrons. The van der Waals surface area contributed by atoms with Crippen LogP contribution in [0.5, 0.6) is 0 Å². The Morgan fingerprint density at radius 2 is 2.18 bits per heavy atom. The maximum atomic E-state index is 13.4. The predicted octanol–water partition coefficient (Wildman–Crippen LogP) is 2.23. The van der Waals surface area contributed by atoms with E-state index in [9.17, 15) is 9.18 Å². The van der Waals surface area contributed by atoms with E-state index in [4.69, 9.17) is 0 Å². The number of carbonyl (C=O) groups excluding carboxylic acids is 1. The minimum atomic E-state index is -0.524. The van der Waals surface area contributed by atoms with Gasteiger partial charge < -0.3 is 4.57 Å². The molecule has 0 aliphatic heterocycles. The highest BCUT2D eigenvalue weighted by Gasteiger charge is 2.12. The number of aryl methyl sites for hydroxylation is 1. The van der Waals surface area contributed by atoms with Crippen molar-refractivity contribution in [3.63, 3.8) is 0 Å². The van der Waals surface area contributed by atoms with Gasteiger partial charge in [0.1, 0.15) is 11.6 Å². The number of hydrogen-bond acceptors (Lipinski definition) is 4. The molecule has 0 fully saturated rings. The molecule has 88 valence electrons. The Kier molecular flexibility index (Phi) is 3.23. The Morgan fingerprint density at radius 3 is 2.76 bits per heavy atom. The molecule has 0 bridgehead atoms. The Hall–Kier alpha value is -1.69. The third-order valence-electron chi connectivity index (χ3n) is 2.38. The highest BCUT2D eigenvalue weighted by atomic mass is 32.2. The predicted molar refractivity (Wildman–Crippen MR) is 61.7 cm³/mol. The molecule has 17 heavy (non-hydrogen) atoms. The zero-order valence-corrected chi connectivity index (χ0v) is 10.2. The maximum absolute atomic E-state index is 13.4. The highest BCUT2D eigenvalue weighted by molar-refractivity contribution is 7.99. The van der Waals surface area contributed by atoms with Gasteiger partial charge in [-0.1, -0.05) is 6.07 Å². The second-order valence-corrected chi connectivity index (χ2v) is 4.47. The van der Waals surface area contributed by atoms with Gasteiger partial charge in [-0.3, -0.25) is 4.79 Å². The minimum absolute atomic E-state index is 0.0538. The molecule has 1 heterocycles. The lowest BCUT2D eigenvalue weighted by atomic mass is 10.2. The van der Waals surface area contributed by atoms with Crippen LogP contribution in [0.15, 0.2) is 28.3 Å². The number of halogens is 1. The fourth-order valence-electron chi connectivity index (χ4n) is 1.30. The lowest BCUT2D eigenvalue weighted by molar-refractivity contribution is 0.111. The van der Waals surface area contributed by atoms with Crippen LogP contribution in [0.25, 0.3) is 0 Å². The summed E-state index contributed by atoms with van der Waals surface area (Å²) in [6.07, 6.45) is 0.515. The summed E-state index contributed by atoms with van der Waals surface area (Å²) in [6, 6.07) is 4.51. The summed E-state index contributed by atoms with van der Waals surface area (Å²) < 4.78 is 15.2. The summed E-state index contributed by atoms with van der Waals surface area (Å²) in [4.78, 5) is 11.4. The fraction of sp³-hybridized carbons (Fsp3) is 0.182. The molecule has 0 saturated carbocycles. The topological polar surface area (TPSA) is 47.8 Å². The molecule has 2 aromatic rings. The number of aromatic nitrogens is 3. The molecule has 0 amide bonds. The first-order chi connectivity index (χ1) is 8.13. The van der Waals surface area contributed by atoms with Gasteiger partial charge in [0.2, 0.25) is 0 Å². The largest absolute Gasteiger partial charge is 0.309 e. The van der Waals surface area contributed by atoms with Crippen molar-refractivity contribution in [2.45, 2.75) is 17.0 Å². The Labute approximate surface area is 102 Å². The Balaban J connectivity index is 2.39. The SMILES string of the molecule is Cc1nnc(Sc2cccc(F)c2C=O)n1C. The molecule has 0 aliphatic rings. The van der Waals surface area contributed by atoms with Crippen molar-refractivity contribution in [3.8, 4) is 0 Å². The molecule has 1 aromatic heterocycles. The molecule has 0 N–H and O–H groups in total. The lowest BCUT2D eigenvalue weighted by Gasteiger charge is -2.04. The molecule has 4 nitrogen and oxygen atoms in total. The zero-order chi connectivity index (χ0) is 12.4. The second-order valence-electron chi connectivity index (χ2n) is 3.46. The van der Waals surface area contributed by atoms with Crippen molar-refractivity contribution < 1.29 is 9.18 Å². The molecular formula is C11H10FN3OS. The van der Waals surface area contributed by atoms with E-state index in [1.165, 1.54) is 17.8 Å². The number of benzene rings is 1. The van der Waals surface area contributed by atoms with Gasteiger partial charge in [-0.05, 0) is 30.8 Å². The van der Waals surface area contributed by atoms with Crippen molar-refractivity contribution >= 4 is 18.0 Å². The summed E-state index contributed by atoms with van der Waals surface area (Å²) in [7, 11) is 1.82.